The second-order valence-corrected chi connectivity index (χ2v) is 5.53. The van der Waals surface area contributed by atoms with Crippen LogP contribution in [0.5, 0.6) is 0 Å². The molecule has 2 heterocycles. The average Bonchev–Trinajstić information content (AvgIpc) is 2.99. The summed E-state index contributed by atoms with van der Waals surface area (Å²) in [6.07, 6.45) is 8.01. The number of fused-ring (bicyclic) bond motifs is 2. The van der Waals surface area contributed by atoms with Crippen molar-refractivity contribution in [1.29, 1.82) is 0 Å². The van der Waals surface area contributed by atoms with Crippen molar-refractivity contribution < 1.29 is 9.32 Å². The number of aryl methyl sites for hydroxylation is 1. The third kappa shape index (κ3) is 1.74. The van der Waals surface area contributed by atoms with Crippen molar-refractivity contribution in [2.24, 2.45) is 0 Å². The summed E-state index contributed by atoms with van der Waals surface area (Å²) in [6, 6.07) is 7.58. The monoisotopic (exact) mass is 293 g/mol. The van der Waals surface area contributed by atoms with Crippen molar-refractivity contribution in [1.82, 2.24) is 10.5 Å². The molecule has 22 heavy (non-hydrogen) atoms. The Kier molecular flexibility index (Phi) is 2.90. The fourth-order valence-electron chi connectivity index (χ4n) is 3.42. The van der Waals surface area contributed by atoms with Crippen LogP contribution >= 0.6 is 0 Å². The van der Waals surface area contributed by atoms with E-state index in [4.69, 9.17) is 10.9 Å². The number of carbonyl (C=O) groups is 1. The molecule has 110 valence electrons. The molecule has 1 atom stereocenters. The van der Waals surface area contributed by atoms with Crippen LogP contribution in [0.2, 0.25) is 0 Å². The van der Waals surface area contributed by atoms with Crippen molar-refractivity contribution in [3.63, 3.8) is 0 Å². The zero-order valence-electron chi connectivity index (χ0n) is 12.0. The predicted molar refractivity (Wildman–Crippen MR) is 82.3 cm³/mol. The Morgan fingerprint density at radius 1 is 1.50 bits per heavy atom. The Labute approximate surface area is 128 Å². The first kappa shape index (κ1) is 13.0. The molecule has 1 aliphatic heterocycles. The van der Waals surface area contributed by atoms with Gasteiger partial charge in [0.2, 0.25) is 0 Å². The van der Waals surface area contributed by atoms with Gasteiger partial charge in [-0.2, -0.15) is 0 Å². The van der Waals surface area contributed by atoms with Gasteiger partial charge in [-0.1, -0.05) is 29.3 Å². The van der Waals surface area contributed by atoms with Crippen molar-refractivity contribution >= 4 is 11.7 Å². The second-order valence-electron chi connectivity index (χ2n) is 5.53. The first-order valence-corrected chi connectivity index (χ1v) is 7.39. The normalized spacial score (nSPS) is 18.1. The van der Waals surface area contributed by atoms with E-state index in [0.29, 0.717) is 0 Å². The van der Waals surface area contributed by atoms with Gasteiger partial charge in [0.05, 0.1) is 18.3 Å². The molecule has 4 rings (SSSR count). The first-order valence-electron chi connectivity index (χ1n) is 7.39. The Hall–Kier alpha value is -2.74. The molecular weight excluding hydrogens is 278 g/mol. The maximum atomic E-state index is 12.6. The van der Waals surface area contributed by atoms with E-state index in [-0.39, 0.29) is 18.6 Å². The third-order valence-electron chi connectivity index (χ3n) is 4.31. The van der Waals surface area contributed by atoms with Gasteiger partial charge in [-0.25, -0.2) is 4.79 Å². The SMILES string of the molecule is C#CCNC(=O)N1c2ccccc2-c2noc3c2C1CCC3. The van der Waals surface area contributed by atoms with Crippen LogP contribution in [0.15, 0.2) is 28.8 Å². The van der Waals surface area contributed by atoms with Crippen LogP contribution in [0.25, 0.3) is 11.3 Å². The number of rotatable bonds is 1. The number of urea groups is 1. The van der Waals surface area contributed by atoms with Gasteiger partial charge in [0.1, 0.15) is 11.5 Å². The van der Waals surface area contributed by atoms with E-state index in [0.717, 1.165) is 47.5 Å². The minimum atomic E-state index is -0.171. The van der Waals surface area contributed by atoms with Crippen LogP contribution in [-0.2, 0) is 6.42 Å². The van der Waals surface area contributed by atoms with Crippen LogP contribution in [0.4, 0.5) is 10.5 Å². The zero-order valence-corrected chi connectivity index (χ0v) is 12.0. The molecule has 2 amide bonds. The van der Waals surface area contributed by atoms with E-state index in [9.17, 15) is 4.79 Å². The van der Waals surface area contributed by atoms with Crippen LogP contribution in [0.1, 0.15) is 30.2 Å². The predicted octanol–water partition coefficient (Wildman–Crippen LogP) is 2.88. The third-order valence-corrected chi connectivity index (χ3v) is 4.31. The molecule has 1 N–H and O–H groups in total. The first-order chi connectivity index (χ1) is 10.8. The van der Waals surface area contributed by atoms with Gasteiger partial charge >= 0.3 is 6.03 Å². The van der Waals surface area contributed by atoms with Crippen molar-refractivity contribution in [2.75, 3.05) is 11.4 Å². The lowest BCUT2D eigenvalue weighted by atomic mass is 9.84. The highest BCUT2D eigenvalue weighted by Crippen LogP contribution is 2.49. The van der Waals surface area contributed by atoms with Gasteiger partial charge < -0.3 is 9.84 Å². The molecule has 0 saturated carbocycles. The number of terminal acetylenes is 1. The Balaban J connectivity index is 1.87. The summed E-state index contributed by atoms with van der Waals surface area (Å²) in [4.78, 5) is 14.4. The van der Waals surface area contributed by atoms with Gasteiger partial charge in [0.15, 0.2) is 0 Å². The molecule has 0 bridgehead atoms. The summed E-state index contributed by atoms with van der Waals surface area (Å²) in [5.41, 5.74) is 3.72. The fourth-order valence-corrected chi connectivity index (χ4v) is 3.42. The number of hydrogen-bond acceptors (Lipinski definition) is 3. The van der Waals surface area contributed by atoms with Gasteiger partial charge in [0, 0.05) is 17.5 Å². The Morgan fingerprint density at radius 3 is 3.23 bits per heavy atom. The molecule has 0 fully saturated rings. The van der Waals surface area contributed by atoms with Crippen LogP contribution < -0.4 is 10.2 Å². The molecule has 5 heteroatoms. The molecule has 1 unspecified atom stereocenters. The highest BCUT2D eigenvalue weighted by atomic mass is 16.5. The summed E-state index contributed by atoms with van der Waals surface area (Å²) in [5, 5.41) is 7.02. The van der Waals surface area contributed by atoms with Gasteiger partial charge in [0.25, 0.3) is 0 Å². The summed E-state index contributed by atoms with van der Waals surface area (Å²) < 4.78 is 5.51. The smallest absolute Gasteiger partial charge is 0.323 e. The highest BCUT2D eigenvalue weighted by molar-refractivity contribution is 6.00. The molecule has 0 radical (unpaired) electrons. The van der Waals surface area contributed by atoms with E-state index in [2.05, 4.69) is 16.4 Å². The van der Waals surface area contributed by atoms with Crippen LogP contribution in [-0.4, -0.2) is 17.7 Å². The molecule has 1 aromatic carbocycles. The minimum absolute atomic E-state index is 0.0299. The number of para-hydroxylation sites is 1. The van der Waals surface area contributed by atoms with Gasteiger partial charge in [-0.15, -0.1) is 6.42 Å². The molecule has 5 nitrogen and oxygen atoms in total. The largest absolute Gasteiger partial charge is 0.360 e. The summed E-state index contributed by atoms with van der Waals surface area (Å²) in [5.74, 6) is 3.34. The van der Waals surface area contributed by atoms with Crippen LogP contribution in [0, 0.1) is 12.3 Å². The highest BCUT2D eigenvalue weighted by Gasteiger charge is 2.40. The molecule has 0 saturated heterocycles. The molecule has 2 aliphatic rings. The van der Waals surface area contributed by atoms with Crippen molar-refractivity contribution in [3.05, 3.63) is 35.6 Å². The average molecular weight is 293 g/mol. The molecule has 1 aliphatic carbocycles. The van der Waals surface area contributed by atoms with E-state index in [1.165, 1.54) is 0 Å². The number of anilines is 1. The van der Waals surface area contributed by atoms with Gasteiger partial charge in [-0.05, 0) is 18.9 Å². The quantitative estimate of drug-likeness (QED) is 0.822. The number of nitrogens with zero attached hydrogens (tertiary/aromatic N) is 2. The van der Waals surface area contributed by atoms with Crippen molar-refractivity contribution in [2.45, 2.75) is 25.3 Å². The maximum absolute atomic E-state index is 12.6. The summed E-state index contributed by atoms with van der Waals surface area (Å²) in [6.45, 7) is 0.216. The van der Waals surface area contributed by atoms with Gasteiger partial charge in [-0.3, -0.25) is 4.90 Å². The maximum Gasteiger partial charge on any atom is 0.323 e. The van der Waals surface area contributed by atoms with Crippen LogP contribution in [0.3, 0.4) is 0 Å². The number of amides is 2. The number of benzene rings is 1. The van der Waals surface area contributed by atoms with E-state index < -0.39 is 0 Å². The minimum Gasteiger partial charge on any atom is -0.360 e. The number of aromatic nitrogens is 1. The van der Waals surface area contributed by atoms with E-state index in [1.807, 2.05) is 24.3 Å². The second kappa shape index (κ2) is 4.92. The molecule has 1 aromatic heterocycles. The summed E-state index contributed by atoms with van der Waals surface area (Å²) in [7, 11) is 0. The van der Waals surface area contributed by atoms with Crippen molar-refractivity contribution in [3.8, 4) is 23.6 Å². The fraction of sp³-hybridized carbons (Fsp3) is 0.294. The molecule has 2 aromatic rings. The van der Waals surface area contributed by atoms with E-state index in [1.54, 1.807) is 4.90 Å². The standard InChI is InChI=1S/C17H15N3O2/c1-2-10-18-17(21)20-12-7-4-3-6-11(12)16-15-13(20)8-5-9-14(15)22-19-16/h1,3-4,6-7,13H,5,8-10H2,(H,18,21). The lowest BCUT2D eigenvalue weighted by molar-refractivity contribution is 0.243. The molecule has 0 spiro atoms. The number of hydrogen-bond donors (Lipinski definition) is 1. The zero-order chi connectivity index (χ0) is 15.1. The Morgan fingerprint density at radius 2 is 2.36 bits per heavy atom. The Bertz CT molecular complexity index is 787. The summed E-state index contributed by atoms with van der Waals surface area (Å²) >= 11 is 0. The van der Waals surface area contributed by atoms with E-state index >= 15 is 0 Å². The lowest BCUT2D eigenvalue weighted by Gasteiger charge is -2.38. The lowest BCUT2D eigenvalue weighted by Crippen LogP contribution is -2.45. The molecular formula is C17H15N3O2. The number of carbonyl (C=O) groups excluding carboxylic acids is 1. The topological polar surface area (TPSA) is 58.4 Å². The number of nitrogens with one attached hydrogen (secondary N) is 1.